The van der Waals surface area contributed by atoms with Gasteiger partial charge < -0.3 is 9.15 Å². The molecule has 3 rings (SSSR count). The lowest BCUT2D eigenvalue weighted by Crippen LogP contribution is -2.05. The highest BCUT2D eigenvalue weighted by atomic mass is 32.1. The smallest absolute Gasteiger partial charge is 0.338 e. The first-order valence-corrected chi connectivity index (χ1v) is 7.32. The van der Waals surface area contributed by atoms with Crippen LogP contribution >= 0.6 is 11.3 Å². The van der Waals surface area contributed by atoms with E-state index in [9.17, 15) is 4.79 Å². The van der Waals surface area contributed by atoms with Crippen molar-refractivity contribution in [1.82, 2.24) is 4.98 Å². The minimum atomic E-state index is -0.365. The molecule has 0 spiro atoms. The molecule has 4 nitrogen and oxygen atoms in total. The fraction of sp³-hybridized carbons (Fsp3) is 0.125. The summed E-state index contributed by atoms with van der Waals surface area (Å²) in [6.45, 7) is 2.07. The second-order valence-electron chi connectivity index (χ2n) is 4.56. The summed E-state index contributed by atoms with van der Waals surface area (Å²) in [6, 6.07) is 11.1. The van der Waals surface area contributed by atoms with E-state index < -0.39 is 0 Å². The van der Waals surface area contributed by atoms with Gasteiger partial charge in [0.25, 0.3) is 0 Å². The zero-order valence-electron chi connectivity index (χ0n) is 11.4. The van der Waals surface area contributed by atoms with Crippen LogP contribution in [-0.2, 0) is 11.3 Å². The summed E-state index contributed by atoms with van der Waals surface area (Å²) in [5, 5.41) is 1.95. The van der Waals surface area contributed by atoms with E-state index in [2.05, 4.69) is 4.98 Å². The Bertz CT molecular complexity index is 729. The van der Waals surface area contributed by atoms with Crippen molar-refractivity contribution in [2.24, 2.45) is 0 Å². The molecule has 5 heteroatoms. The number of carbonyl (C=O) groups excluding carboxylic acids is 1. The Kier molecular flexibility index (Phi) is 3.83. The van der Waals surface area contributed by atoms with Crippen molar-refractivity contribution in [3.63, 3.8) is 0 Å². The largest absolute Gasteiger partial charge is 0.455 e. The molecule has 0 aliphatic heterocycles. The molecule has 3 aromatic rings. The molecule has 0 saturated heterocycles. The van der Waals surface area contributed by atoms with Gasteiger partial charge in [0.05, 0.1) is 10.4 Å². The van der Waals surface area contributed by atoms with Crippen LogP contribution in [0.15, 0.2) is 52.5 Å². The quantitative estimate of drug-likeness (QED) is 0.681. The number of ether oxygens (including phenoxy) is 1. The fourth-order valence-electron chi connectivity index (χ4n) is 1.80. The Morgan fingerprint density at radius 1 is 1.29 bits per heavy atom. The lowest BCUT2D eigenvalue weighted by Gasteiger charge is -2.02. The first kappa shape index (κ1) is 13.6. The topological polar surface area (TPSA) is 52.3 Å². The molecule has 0 fully saturated rings. The maximum atomic E-state index is 11.9. The van der Waals surface area contributed by atoms with Crippen molar-refractivity contribution in [3.8, 4) is 10.8 Å². The molecule has 0 amide bonds. The number of carbonyl (C=O) groups is 1. The van der Waals surface area contributed by atoms with Crippen LogP contribution in [-0.4, -0.2) is 11.0 Å². The highest BCUT2D eigenvalue weighted by Crippen LogP contribution is 2.23. The van der Waals surface area contributed by atoms with Crippen LogP contribution in [0.2, 0.25) is 0 Å². The number of thiophene rings is 1. The van der Waals surface area contributed by atoms with Crippen LogP contribution < -0.4 is 0 Å². The summed E-state index contributed by atoms with van der Waals surface area (Å²) in [4.78, 5) is 17.1. The van der Waals surface area contributed by atoms with Gasteiger partial charge in [-0.25, -0.2) is 9.78 Å². The van der Waals surface area contributed by atoms with Crippen LogP contribution in [0.5, 0.6) is 0 Å². The predicted molar refractivity (Wildman–Crippen MR) is 80.1 cm³/mol. The maximum absolute atomic E-state index is 11.9. The normalized spacial score (nSPS) is 10.5. The minimum Gasteiger partial charge on any atom is -0.455 e. The van der Waals surface area contributed by atoms with Gasteiger partial charge in [0.15, 0.2) is 0 Å². The second kappa shape index (κ2) is 5.93. The SMILES string of the molecule is Cc1ccc(C(=O)OCc2coc(-c3cccs3)n2)cc1. The zero-order chi connectivity index (χ0) is 14.7. The van der Waals surface area contributed by atoms with E-state index in [1.807, 2.05) is 36.6 Å². The zero-order valence-corrected chi connectivity index (χ0v) is 12.2. The molecule has 0 bridgehead atoms. The van der Waals surface area contributed by atoms with Crippen LogP contribution in [0.25, 0.3) is 10.8 Å². The van der Waals surface area contributed by atoms with Crippen molar-refractivity contribution in [3.05, 3.63) is 64.9 Å². The van der Waals surface area contributed by atoms with Gasteiger partial charge in [-0.15, -0.1) is 11.3 Å². The van der Waals surface area contributed by atoms with Crippen molar-refractivity contribution in [2.45, 2.75) is 13.5 Å². The van der Waals surface area contributed by atoms with E-state index in [0.29, 0.717) is 17.1 Å². The molecular formula is C16H13NO3S. The minimum absolute atomic E-state index is 0.0988. The van der Waals surface area contributed by atoms with Gasteiger partial charge in [-0.1, -0.05) is 23.8 Å². The number of esters is 1. The fourth-order valence-corrected chi connectivity index (χ4v) is 2.45. The Morgan fingerprint density at radius 3 is 2.81 bits per heavy atom. The number of hydrogen-bond donors (Lipinski definition) is 0. The number of benzene rings is 1. The summed E-state index contributed by atoms with van der Waals surface area (Å²) in [5.41, 5.74) is 2.23. The van der Waals surface area contributed by atoms with Gasteiger partial charge in [-0.05, 0) is 30.5 Å². The third-order valence-corrected chi connectivity index (χ3v) is 3.78. The summed E-state index contributed by atoms with van der Waals surface area (Å²) < 4.78 is 10.6. The number of oxazole rings is 1. The van der Waals surface area contributed by atoms with Crippen molar-refractivity contribution in [1.29, 1.82) is 0 Å². The van der Waals surface area contributed by atoms with Gasteiger partial charge in [0.2, 0.25) is 5.89 Å². The van der Waals surface area contributed by atoms with Crippen molar-refractivity contribution in [2.75, 3.05) is 0 Å². The average molecular weight is 299 g/mol. The van der Waals surface area contributed by atoms with E-state index in [0.717, 1.165) is 10.4 Å². The molecule has 0 aliphatic carbocycles. The molecule has 0 unspecified atom stereocenters. The Morgan fingerprint density at radius 2 is 2.10 bits per heavy atom. The lowest BCUT2D eigenvalue weighted by atomic mass is 10.1. The van der Waals surface area contributed by atoms with Crippen molar-refractivity contribution >= 4 is 17.3 Å². The van der Waals surface area contributed by atoms with E-state index >= 15 is 0 Å². The Balaban J connectivity index is 1.62. The summed E-state index contributed by atoms with van der Waals surface area (Å²) in [7, 11) is 0. The standard InChI is InChI=1S/C16H13NO3S/c1-11-4-6-12(7-5-11)16(18)20-10-13-9-19-15(17-13)14-3-2-8-21-14/h2-9H,10H2,1H3. The van der Waals surface area contributed by atoms with Gasteiger partial charge >= 0.3 is 5.97 Å². The number of aryl methyl sites for hydroxylation is 1. The second-order valence-corrected chi connectivity index (χ2v) is 5.51. The maximum Gasteiger partial charge on any atom is 0.338 e. The Hall–Kier alpha value is -2.40. The number of aromatic nitrogens is 1. The van der Waals surface area contributed by atoms with E-state index in [-0.39, 0.29) is 12.6 Å². The predicted octanol–water partition coefficient (Wildman–Crippen LogP) is 4.07. The van der Waals surface area contributed by atoms with Crippen LogP contribution in [0.4, 0.5) is 0 Å². The average Bonchev–Trinajstić information content (AvgIpc) is 3.16. The highest BCUT2D eigenvalue weighted by molar-refractivity contribution is 7.13. The van der Waals surface area contributed by atoms with Gasteiger partial charge in [0.1, 0.15) is 18.6 Å². The molecule has 0 radical (unpaired) electrons. The van der Waals surface area contributed by atoms with Gasteiger partial charge in [-0.3, -0.25) is 0 Å². The van der Waals surface area contributed by atoms with Gasteiger partial charge in [-0.2, -0.15) is 0 Å². The van der Waals surface area contributed by atoms with Gasteiger partial charge in [0, 0.05) is 0 Å². The molecule has 21 heavy (non-hydrogen) atoms. The van der Waals surface area contributed by atoms with Crippen molar-refractivity contribution < 1.29 is 13.9 Å². The molecule has 1 aromatic carbocycles. The van der Waals surface area contributed by atoms with Crippen LogP contribution in [0.3, 0.4) is 0 Å². The molecule has 0 atom stereocenters. The number of hydrogen-bond acceptors (Lipinski definition) is 5. The third kappa shape index (κ3) is 3.20. The highest BCUT2D eigenvalue weighted by Gasteiger charge is 2.11. The van der Waals surface area contributed by atoms with E-state index in [1.165, 1.54) is 6.26 Å². The van der Waals surface area contributed by atoms with E-state index in [4.69, 9.17) is 9.15 Å². The molecule has 2 heterocycles. The van der Waals surface area contributed by atoms with Crippen LogP contribution in [0.1, 0.15) is 21.6 Å². The molecule has 2 aromatic heterocycles. The molecule has 106 valence electrons. The first-order chi connectivity index (χ1) is 10.2. The summed E-state index contributed by atoms with van der Waals surface area (Å²) in [5.74, 6) is 0.182. The molecule has 0 aliphatic rings. The molecular weight excluding hydrogens is 286 g/mol. The molecule has 0 saturated carbocycles. The monoisotopic (exact) mass is 299 g/mol. The van der Waals surface area contributed by atoms with Crippen LogP contribution in [0, 0.1) is 6.92 Å². The third-order valence-electron chi connectivity index (χ3n) is 2.92. The summed E-state index contributed by atoms with van der Waals surface area (Å²) in [6.07, 6.45) is 1.51. The Labute approximate surface area is 126 Å². The first-order valence-electron chi connectivity index (χ1n) is 6.44. The number of nitrogens with zero attached hydrogens (tertiary/aromatic N) is 1. The van der Waals surface area contributed by atoms with E-state index in [1.54, 1.807) is 23.5 Å². The lowest BCUT2D eigenvalue weighted by molar-refractivity contribution is 0.0468. The molecule has 0 N–H and O–H groups in total. The summed E-state index contributed by atoms with van der Waals surface area (Å²) >= 11 is 1.55. The number of rotatable bonds is 4.